The van der Waals surface area contributed by atoms with Gasteiger partial charge in [-0.2, -0.15) is 0 Å². The Bertz CT molecular complexity index is 769. The summed E-state index contributed by atoms with van der Waals surface area (Å²) in [4.78, 5) is 4.20. The van der Waals surface area contributed by atoms with Gasteiger partial charge in [-0.3, -0.25) is 4.98 Å². The fraction of sp³-hybridized carbons (Fsp3) is 0. The number of hydrogen-bond acceptors (Lipinski definition) is 2. The van der Waals surface area contributed by atoms with Crippen molar-refractivity contribution in [2.24, 2.45) is 0 Å². The lowest BCUT2D eigenvalue weighted by molar-refractivity contribution is 0.607. The molecule has 0 aliphatic rings. The zero-order valence-corrected chi connectivity index (χ0v) is 9.90. The van der Waals surface area contributed by atoms with E-state index in [1.807, 2.05) is 18.2 Å². The van der Waals surface area contributed by atoms with E-state index in [2.05, 4.69) is 4.98 Å². The van der Waals surface area contributed by atoms with Crippen molar-refractivity contribution in [2.75, 3.05) is 5.73 Å². The van der Waals surface area contributed by atoms with Gasteiger partial charge < -0.3 is 5.73 Å². The Balaban J connectivity index is 2.21. The van der Waals surface area contributed by atoms with Crippen molar-refractivity contribution in [2.45, 2.75) is 0 Å². The first kappa shape index (κ1) is 11.6. The molecule has 94 valence electrons. The Hall–Kier alpha value is -2.49. The molecule has 0 aliphatic carbocycles. The first-order valence-electron chi connectivity index (χ1n) is 5.75. The second-order valence-electron chi connectivity index (χ2n) is 4.26. The molecule has 0 saturated carbocycles. The molecule has 3 rings (SSSR count). The lowest BCUT2D eigenvalue weighted by Gasteiger charge is -2.07. The number of aromatic nitrogens is 1. The molecule has 4 heteroatoms. The minimum atomic E-state index is -0.627. The fourth-order valence-corrected chi connectivity index (χ4v) is 2.02. The molecule has 0 unspecified atom stereocenters. The van der Waals surface area contributed by atoms with Crippen LogP contribution in [-0.2, 0) is 0 Å². The van der Waals surface area contributed by atoms with Crippen molar-refractivity contribution in [1.29, 1.82) is 0 Å². The maximum absolute atomic E-state index is 13.8. The van der Waals surface area contributed by atoms with Gasteiger partial charge in [0, 0.05) is 23.2 Å². The van der Waals surface area contributed by atoms with Crippen LogP contribution < -0.4 is 5.73 Å². The van der Waals surface area contributed by atoms with Gasteiger partial charge in [-0.25, -0.2) is 8.78 Å². The van der Waals surface area contributed by atoms with E-state index in [1.165, 1.54) is 0 Å². The summed E-state index contributed by atoms with van der Waals surface area (Å²) in [5, 5.41) is 0.947. The molecule has 19 heavy (non-hydrogen) atoms. The highest BCUT2D eigenvalue weighted by molar-refractivity contribution is 5.84. The van der Waals surface area contributed by atoms with E-state index in [1.54, 1.807) is 18.3 Å². The molecule has 0 radical (unpaired) electrons. The highest BCUT2D eigenvalue weighted by Gasteiger charge is 2.10. The van der Waals surface area contributed by atoms with Crippen molar-refractivity contribution >= 4 is 16.6 Å². The number of nitrogen functional groups attached to an aromatic ring is 1. The topological polar surface area (TPSA) is 38.9 Å². The second kappa shape index (κ2) is 4.31. The van der Waals surface area contributed by atoms with Crippen molar-refractivity contribution in [3.05, 3.63) is 60.3 Å². The number of rotatable bonds is 1. The van der Waals surface area contributed by atoms with Crippen LogP contribution in [0.4, 0.5) is 14.5 Å². The van der Waals surface area contributed by atoms with Gasteiger partial charge in [0.05, 0.1) is 11.2 Å². The number of anilines is 1. The van der Waals surface area contributed by atoms with Crippen LogP contribution in [0.3, 0.4) is 0 Å². The van der Waals surface area contributed by atoms with Crippen molar-refractivity contribution in [3.8, 4) is 11.1 Å². The van der Waals surface area contributed by atoms with Gasteiger partial charge >= 0.3 is 0 Å². The lowest BCUT2D eigenvalue weighted by Crippen LogP contribution is -1.94. The monoisotopic (exact) mass is 256 g/mol. The van der Waals surface area contributed by atoms with E-state index in [-0.39, 0.29) is 11.3 Å². The van der Waals surface area contributed by atoms with Gasteiger partial charge in [-0.1, -0.05) is 18.2 Å². The van der Waals surface area contributed by atoms with Crippen LogP contribution in [0.5, 0.6) is 0 Å². The molecular weight excluding hydrogens is 246 g/mol. The third-order valence-electron chi connectivity index (χ3n) is 3.00. The van der Waals surface area contributed by atoms with E-state index in [4.69, 9.17) is 5.73 Å². The number of hydrogen-bond donors (Lipinski definition) is 1. The molecular formula is C15H10F2N2. The normalized spacial score (nSPS) is 10.8. The van der Waals surface area contributed by atoms with Crippen molar-refractivity contribution in [1.82, 2.24) is 4.98 Å². The lowest BCUT2D eigenvalue weighted by atomic mass is 10.0. The minimum absolute atomic E-state index is 0.180. The van der Waals surface area contributed by atoms with Crippen LogP contribution >= 0.6 is 0 Å². The Morgan fingerprint density at radius 2 is 1.79 bits per heavy atom. The summed E-state index contributed by atoms with van der Waals surface area (Å²) >= 11 is 0. The summed E-state index contributed by atoms with van der Waals surface area (Å²) in [7, 11) is 0. The highest BCUT2D eigenvalue weighted by atomic mass is 19.1. The average Bonchev–Trinajstić information content (AvgIpc) is 2.42. The highest BCUT2D eigenvalue weighted by Crippen LogP contribution is 2.28. The predicted molar refractivity (Wildman–Crippen MR) is 71.5 cm³/mol. The smallest absolute Gasteiger partial charge is 0.146 e. The SMILES string of the molecule is Nc1cc(F)c(-c2ccc3cccnc3c2)cc1F. The quantitative estimate of drug-likeness (QED) is 0.673. The van der Waals surface area contributed by atoms with Crippen LogP contribution in [0, 0.1) is 11.6 Å². The third-order valence-corrected chi connectivity index (χ3v) is 3.00. The van der Waals surface area contributed by atoms with E-state index < -0.39 is 11.6 Å². The van der Waals surface area contributed by atoms with Crippen LogP contribution in [0.2, 0.25) is 0 Å². The molecule has 3 aromatic rings. The number of halogens is 2. The zero-order valence-electron chi connectivity index (χ0n) is 9.90. The van der Waals surface area contributed by atoms with Crippen LogP contribution in [0.15, 0.2) is 48.7 Å². The van der Waals surface area contributed by atoms with Crippen molar-refractivity contribution in [3.63, 3.8) is 0 Å². The molecule has 0 aliphatic heterocycles. The molecule has 0 spiro atoms. The summed E-state index contributed by atoms with van der Waals surface area (Å²) in [6.07, 6.45) is 1.66. The van der Waals surface area contributed by atoms with Gasteiger partial charge in [-0.05, 0) is 23.8 Å². The standard InChI is InChI=1S/C15H10F2N2/c16-12-8-14(18)13(17)7-11(12)10-4-3-9-2-1-5-19-15(9)6-10/h1-8H,18H2. The first-order chi connectivity index (χ1) is 9.15. The van der Waals surface area contributed by atoms with Gasteiger partial charge in [0.15, 0.2) is 0 Å². The number of nitrogens with zero attached hydrogens (tertiary/aromatic N) is 1. The minimum Gasteiger partial charge on any atom is -0.396 e. The fourth-order valence-electron chi connectivity index (χ4n) is 2.02. The Morgan fingerprint density at radius 1 is 0.947 bits per heavy atom. The summed E-state index contributed by atoms with van der Waals surface area (Å²) in [6.45, 7) is 0. The van der Waals surface area contributed by atoms with Gasteiger partial charge in [0.2, 0.25) is 0 Å². The van der Waals surface area contributed by atoms with E-state index in [0.29, 0.717) is 5.56 Å². The maximum Gasteiger partial charge on any atom is 0.146 e. The molecule has 1 aromatic heterocycles. The molecule has 0 saturated heterocycles. The number of nitrogens with two attached hydrogens (primary N) is 1. The number of pyridine rings is 1. The summed E-state index contributed by atoms with van der Waals surface area (Å²) in [5.41, 5.74) is 6.62. The molecule has 2 N–H and O–H groups in total. The maximum atomic E-state index is 13.8. The van der Waals surface area contributed by atoms with Gasteiger partial charge in [0.25, 0.3) is 0 Å². The van der Waals surface area contributed by atoms with Gasteiger partial charge in [-0.15, -0.1) is 0 Å². The molecule has 0 fully saturated rings. The van der Waals surface area contributed by atoms with E-state index in [9.17, 15) is 8.78 Å². The number of benzene rings is 2. The summed E-state index contributed by atoms with van der Waals surface area (Å²) in [5.74, 6) is -1.17. The van der Waals surface area contributed by atoms with Crippen molar-refractivity contribution < 1.29 is 8.78 Å². The Morgan fingerprint density at radius 3 is 2.63 bits per heavy atom. The van der Waals surface area contributed by atoms with E-state index in [0.717, 1.165) is 23.0 Å². The Labute approximate surface area is 108 Å². The molecule has 2 nitrogen and oxygen atoms in total. The summed E-state index contributed by atoms with van der Waals surface area (Å²) < 4.78 is 27.3. The largest absolute Gasteiger partial charge is 0.396 e. The number of fused-ring (bicyclic) bond motifs is 1. The van der Waals surface area contributed by atoms with E-state index >= 15 is 0 Å². The predicted octanol–water partition coefficient (Wildman–Crippen LogP) is 3.76. The third kappa shape index (κ3) is 2.01. The zero-order chi connectivity index (χ0) is 13.4. The molecule has 1 heterocycles. The average molecular weight is 256 g/mol. The second-order valence-corrected chi connectivity index (χ2v) is 4.26. The molecule has 0 amide bonds. The first-order valence-corrected chi connectivity index (χ1v) is 5.75. The molecule has 0 bridgehead atoms. The molecule has 2 aromatic carbocycles. The van der Waals surface area contributed by atoms with Crippen LogP contribution in [-0.4, -0.2) is 4.98 Å². The molecule has 0 atom stereocenters. The van der Waals surface area contributed by atoms with Gasteiger partial charge in [0.1, 0.15) is 11.6 Å². The Kier molecular flexibility index (Phi) is 2.63. The summed E-state index contributed by atoms with van der Waals surface area (Å²) in [6, 6.07) is 11.1. The van der Waals surface area contributed by atoms with Crippen LogP contribution in [0.1, 0.15) is 0 Å². The van der Waals surface area contributed by atoms with Crippen LogP contribution in [0.25, 0.3) is 22.0 Å².